The van der Waals surface area contributed by atoms with E-state index in [0.29, 0.717) is 18.7 Å². The van der Waals surface area contributed by atoms with Crippen LogP contribution >= 0.6 is 0 Å². The molecule has 25 heavy (non-hydrogen) atoms. The maximum Gasteiger partial charge on any atom is 0.228 e. The number of benzene rings is 1. The molecule has 6 heteroatoms. The lowest BCUT2D eigenvalue weighted by Crippen LogP contribution is -2.38. The molecular weight excluding hydrogens is 319 g/mol. The summed E-state index contributed by atoms with van der Waals surface area (Å²) in [5.41, 5.74) is 1.57. The molecule has 2 atom stereocenters. The molecule has 3 rings (SSSR count). The molecule has 2 heterocycles. The molecular formula is C19H23FN4O. The number of aryl methyl sites for hydroxylation is 1. The third-order valence-corrected chi connectivity index (χ3v) is 4.66. The summed E-state index contributed by atoms with van der Waals surface area (Å²) in [5.74, 6) is -0.384. The Kier molecular flexibility index (Phi) is 5.28. The Morgan fingerprint density at radius 1 is 1.48 bits per heavy atom. The molecule has 0 radical (unpaired) electrons. The van der Waals surface area contributed by atoms with Crippen LogP contribution in [0.4, 0.5) is 4.39 Å². The molecule has 0 spiro atoms. The van der Waals surface area contributed by atoms with Gasteiger partial charge in [-0.25, -0.2) is 4.39 Å². The Morgan fingerprint density at radius 3 is 2.96 bits per heavy atom. The zero-order valence-electron chi connectivity index (χ0n) is 14.4. The minimum absolute atomic E-state index is 0.0157. The molecule has 1 aromatic heterocycles. The van der Waals surface area contributed by atoms with Crippen molar-refractivity contribution < 1.29 is 9.18 Å². The van der Waals surface area contributed by atoms with Crippen molar-refractivity contribution >= 4 is 5.91 Å². The summed E-state index contributed by atoms with van der Waals surface area (Å²) in [7, 11) is 1.87. The minimum Gasteiger partial charge on any atom is -0.334 e. The Bertz CT molecular complexity index is 757. The third-order valence-electron chi connectivity index (χ3n) is 4.66. The monoisotopic (exact) mass is 342 g/mol. The van der Waals surface area contributed by atoms with Gasteiger partial charge in [-0.05, 0) is 11.6 Å². The fourth-order valence-corrected chi connectivity index (χ4v) is 3.38. The number of aromatic nitrogens is 2. The molecule has 0 unspecified atom stereocenters. The molecule has 0 aliphatic carbocycles. The van der Waals surface area contributed by atoms with E-state index in [1.807, 2.05) is 19.4 Å². The average molecular weight is 342 g/mol. The van der Waals surface area contributed by atoms with E-state index in [1.165, 1.54) is 6.07 Å². The smallest absolute Gasteiger partial charge is 0.228 e. The van der Waals surface area contributed by atoms with Crippen LogP contribution in [0.5, 0.6) is 0 Å². The molecule has 0 saturated carbocycles. The van der Waals surface area contributed by atoms with Crippen LogP contribution in [0.1, 0.15) is 17.0 Å². The Morgan fingerprint density at radius 2 is 2.28 bits per heavy atom. The highest BCUT2D eigenvalue weighted by Gasteiger charge is 2.37. The van der Waals surface area contributed by atoms with E-state index in [0.717, 1.165) is 12.1 Å². The van der Waals surface area contributed by atoms with E-state index < -0.39 is 0 Å². The highest BCUT2D eigenvalue weighted by atomic mass is 19.1. The molecule has 5 nitrogen and oxygen atoms in total. The SMILES string of the molecule is C=CCN(Cc1ccccc1F)C(=O)[C@H]1CNC[C@@H]1c1cnn(C)c1. The predicted octanol–water partition coefficient (Wildman–Crippen LogP) is 2.08. The van der Waals surface area contributed by atoms with Gasteiger partial charge in [0.2, 0.25) is 5.91 Å². The average Bonchev–Trinajstić information content (AvgIpc) is 3.24. The quantitative estimate of drug-likeness (QED) is 0.818. The molecule has 2 aromatic rings. The second kappa shape index (κ2) is 7.61. The molecule has 1 amide bonds. The number of carbonyl (C=O) groups is 1. The molecule has 1 fully saturated rings. The first kappa shape index (κ1) is 17.4. The number of amides is 1. The van der Waals surface area contributed by atoms with E-state index in [4.69, 9.17) is 0 Å². The fourth-order valence-electron chi connectivity index (χ4n) is 3.38. The molecule has 1 aromatic carbocycles. The van der Waals surface area contributed by atoms with Crippen LogP contribution < -0.4 is 5.32 Å². The first-order valence-corrected chi connectivity index (χ1v) is 8.42. The van der Waals surface area contributed by atoms with Crippen LogP contribution in [0.15, 0.2) is 49.3 Å². The summed E-state index contributed by atoms with van der Waals surface area (Å²) >= 11 is 0. The molecule has 132 valence electrons. The van der Waals surface area contributed by atoms with Crippen molar-refractivity contribution in [3.8, 4) is 0 Å². The van der Waals surface area contributed by atoms with Gasteiger partial charge in [0.15, 0.2) is 0 Å². The van der Waals surface area contributed by atoms with Crippen molar-refractivity contribution in [1.29, 1.82) is 0 Å². The highest BCUT2D eigenvalue weighted by Crippen LogP contribution is 2.29. The summed E-state index contributed by atoms with van der Waals surface area (Å²) < 4.78 is 15.7. The Hall–Kier alpha value is -2.47. The predicted molar refractivity (Wildman–Crippen MR) is 94.3 cm³/mol. The van der Waals surface area contributed by atoms with Crippen molar-refractivity contribution in [2.45, 2.75) is 12.5 Å². The van der Waals surface area contributed by atoms with Gasteiger partial charge in [0.25, 0.3) is 0 Å². The molecule has 1 aliphatic heterocycles. The van der Waals surface area contributed by atoms with Gasteiger partial charge in [0.05, 0.1) is 12.1 Å². The topological polar surface area (TPSA) is 50.2 Å². The first-order chi connectivity index (χ1) is 12.1. The van der Waals surface area contributed by atoms with Crippen molar-refractivity contribution in [3.05, 3.63) is 66.3 Å². The maximum atomic E-state index is 14.0. The van der Waals surface area contributed by atoms with Gasteiger partial charge in [-0.3, -0.25) is 9.48 Å². The summed E-state index contributed by atoms with van der Waals surface area (Å²) in [6.07, 6.45) is 5.44. The maximum absolute atomic E-state index is 14.0. The van der Waals surface area contributed by atoms with Gasteiger partial charge in [-0.15, -0.1) is 6.58 Å². The normalized spacial score (nSPS) is 19.8. The van der Waals surface area contributed by atoms with Crippen LogP contribution in [-0.4, -0.2) is 40.2 Å². The van der Waals surface area contributed by atoms with E-state index in [2.05, 4.69) is 17.0 Å². The number of nitrogens with one attached hydrogen (secondary N) is 1. The molecule has 0 bridgehead atoms. The number of carbonyl (C=O) groups excluding carboxylic acids is 1. The summed E-state index contributed by atoms with van der Waals surface area (Å²) in [6, 6.07) is 6.56. The van der Waals surface area contributed by atoms with Crippen LogP contribution in [0.3, 0.4) is 0 Å². The number of nitrogens with zero attached hydrogens (tertiary/aromatic N) is 3. The van der Waals surface area contributed by atoms with Crippen molar-refractivity contribution in [2.24, 2.45) is 13.0 Å². The standard InChI is InChI=1S/C19H23FN4O/c1-3-8-24(13-14-6-4-5-7-18(14)20)19(25)17-11-21-10-16(17)15-9-22-23(2)12-15/h3-7,9,12,16-17,21H,1,8,10-11,13H2,2H3/t16-,17+/m1/s1. The van der Waals surface area contributed by atoms with E-state index >= 15 is 0 Å². The zero-order valence-corrected chi connectivity index (χ0v) is 14.4. The van der Waals surface area contributed by atoms with Crippen LogP contribution in [0.2, 0.25) is 0 Å². The highest BCUT2D eigenvalue weighted by molar-refractivity contribution is 5.80. The van der Waals surface area contributed by atoms with Gasteiger partial charge in [-0.2, -0.15) is 5.10 Å². The number of hydrogen-bond donors (Lipinski definition) is 1. The van der Waals surface area contributed by atoms with Crippen LogP contribution in [-0.2, 0) is 18.4 Å². The van der Waals surface area contributed by atoms with Gasteiger partial charge >= 0.3 is 0 Å². The van der Waals surface area contributed by atoms with Crippen molar-refractivity contribution in [2.75, 3.05) is 19.6 Å². The second-order valence-electron chi connectivity index (χ2n) is 6.42. The van der Waals surface area contributed by atoms with E-state index in [1.54, 1.807) is 33.9 Å². The number of hydrogen-bond acceptors (Lipinski definition) is 3. The lowest BCUT2D eigenvalue weighted by Gasteiger charge is -2.27. The molecule has 1 N–H and O–H groups in total. The van der Waals surface area contributed by atoms with Gasteiger partial charge in [0, 0.05) is 50.9 Å². The first-order valence-electron chi connectivity index (χ1n) is 8.42. The van der Waals surface area contributed by atoms with Gasteiger partial charge < -0.3 is 10.2 Å². The second-order valence-corrected chi connectivity index (χ2v) is 6.42. The van der Waals surface area contributed by atoms with Crippen molar-refractivity contribution in [3.63, 3.8) is 0 Å². The van der Waals surface area contributed by atoms with Gasteiger partial charge in [-0.1, -0.05) is 24.3 Å². The fraction of sp³-hybridized carbons (Fsp3) is 0.368. The zero-order chi connectivity index (χ0) is 17.8. The van der Waals surface area contributed by atoms with Crippen molar-refractivity contribution in [1.82, 2.24) is 20.0 Å². The van der Waals surface area contributed by atoms with E-state index in [9.17, 15) is 9.18 Å². The van der Waals surface area contributed by atoms with Crippen LogP contribution in [0.25, 0.3) is 0 Å². The minimum atomic E-state index is -0.294. The van der Waals surface area contributed by atoms with E-state index in [-0.39, 0.29) is 30.1 Å². The Balaban J connectivity index is 1.79. The lowest BCUT2D eigenvalue weighted by atomic mass is 9.89. The van der Waals surface area contributed by atoms with Crippen LogP contribution in [0, 0.1) is 11.7 Å². The third kappa shape index (κ3) is 3.79. The summed E-state index contributed by atoms with van der Waals surface area (Å²) in [5, 5.41) is 7.51. The van der Waals surface area contributed by atoms with Gasteiger partial charge in [0.1, 0.15) is 5.82 Å². The molecule has 1 saturated heterocycles. The summed E-state index contributed by atoms with van der Waals surface area (Å²) in [4.78, 5) is 14.8. The molecule has 1 aliphatic rings. The lowest BCUT2D eigenvalue weighted by molar-refractivity contribution is -0.135. The number of halogens is 1. The largest absolute Gasteiger partial charge is 0.334 e. The number of rotatable bonds is 6. The summed E-state index contributed by atoms with van der Waals surface area (Å²) in [6.45, 7) is 5.73. The Labute approximate surface area is 147 Å².